The third-order valence-corrected chi connectivity index (χ3v) is 7.15. The number of fused-ring (bicyclic) bond motifs is 2. The Kier molecular flexibility index (Phi) is 7.41. The first-order valence-corrected chi connectivity index (χ1v) is 13.5. The summed E-state index contributed by atoms with van der Waals surface area (Å²) in [4.78, 5) is 16.9. The summed E-state index contributed by atoms with van der Waals surface area (Å²) < 4.78 is 19.3. The predicted molar refractivity (Wildman–Crippen MR) is 147 cm³/mol. The lowest BCUT2D eigenvalue weighted by Gasteiger charge is -2.22. The van der Waals surface area contributed by atoms with Gasteiger partial charge in [0.2, 0.25) is 0 Å². The first-order chi connectivity index (χ1) is 18.5. The van der Waals surface area contributed by atoms with Crippen LogP contribution in [0.15, 0.2) is 48.7 Å². The van der Waals surface area contributed by atoms with E-state index in [1.54, 1.807) is 12.1 Å². The van der Waals surface area contributed by atoms with Crippen LogP contribution in [0.2, 0.25) is 15.2 Å². The molecule has 1 saturated heterocycles. The quantitative estimate of drug-likeness (QED) is 0.164. The Morgan fingerprint density at radius 3 is 2.79 bits per heavy atom. The van der Waals surface area contributed by atoms with Crippen molar-refractivity contribution in [2.75, 3.05) is 19.8 Å². The molecule has 0 saturated carbocycles. The van der Waals surface area contributed by atoms with E-state index in [0.29, 0.717) is 46.2 Å². The van der Waals surface area contributed by atoms with Crippen molar-refractivity contribution < 1.29 is 14.2 Å². The predicted octanol–water partition coefficient (Wildman–Crippen LogP) is 6.75. The fourth-order valence-electron chi connectivity index (χ4n) is 4.55. The molecule has 0 amide bonds. The fraction of sp³-hybridized carbons (Fsp3) is 0.296. The molecule has 6 rings (SSSR count). The number of aromatic amines is 1. The minimum absolute atomic E-state index is 0.162. The molecule has 0 radical (unpaired) electrons. The van der Waals surface area contributed by atoms with Gasteiger partial charge >= 0.3 is 0 Å². The first kappa shape index (κ1) is 25.4. The summed E-state index contributed by atoms with van der Waals surface area (Å²) >= 11 is 19.1. The average molecular weight is 573 g/mol. The van der Waals surface area contributed by atoms with Gasteiger partial charge in [-0.05, 0) is 55.7 Å². The molecule has 11 heteroatoms. The SMILES string of the molecule is Clc1ccc2[nH]c(Cc3cn4c(-c5cc(OCCOC6CCCCO6)c(Cl)cc5Cl)cccc4n3)nc2n1. The molecule has 5 aromatic rings. The summed E-state index contributed by atoms with van der Waals surface area (Å²) in [5.74, 6) is 1.28. The molecule has 1 unspecified atom stereocenters. The van der Waals surface area contributed by atoms with Crippen molar-refractivity contribution in [1.82, 2.24) is 24.3 Å². The van der Waals surface area contributed by atoms with E-state index in [4.69, 9.17) is 54.0 Å². The summed E-state index contributed by atoms with van der Waals surface area (Å²) in [6.07, 6.45) is 5.42. The molecular weight excluding hydrogens is 549 g/mol. The number of ether oxygens (including phenoxy) is 3. The van der Waals surface area contributed by atoms with Crippen molar-refractivity contribution >= 4 is 51.6 Å². The molecule has 196 valence electrons. The van der Waals surface area contributed by atoms with Gasteiger partial charge in [0.05, 0.1) is 33.6 Å². The number of hydrogen-bond acceptors (Lipinski definition) is 6. The number of imidazole rings is 2. The third-order valence-electron chi connectivity index (χ3n) is 6.33. The number of H-pyrrole nitrogens is 1. The summed E-state index contributed by atoms with van der Waals surface area (Å²) in [6, 6.07) is 13.0. The van der Waals surface area contributed by atoms with E-state index in [2.05, 4.69) is 15.0 Å². The Morgan fingerprint density at radius 1 is 1.00 bits per heavy atom. The van der Waals surface area contributed by atoms with Crippen molar-refractivity contribution in [3.8, 4) is 17.0 Å². The Hall–Kier alpha value is -2.88. The fourth-order valence-corrected chi connectivity index (χ4v) is 5.23. The lowest BCUT2D eigenvalue weighted by Crippen LogP contribution is -2.24. The van der Waals surface area contributed by atoms with Gasteiger partial charge in [0.1, 0.15) is 29.0 Å². The molecule has 1 atom stereocenters. The van der Waals surface area contributed by atoms with E-state index in [0.717, 1.165) is 59.8 Å². The zero-order valence-corrected chi connectivity index (χ0v) is 22.6. The number of rotatable bonds is 8. The summed E-state index contributed by atoms with van der Waals surface area (Å²) in [5, 5.41) is 1.35. The second kappa shape index (κ2) is 11.1. The number of nitrogens with one attached hydrogen (secondary N) is 1. The Labute approximate surface area is 233 Å². The van der Waals surface area contributed by atoms with Crippen LogP contribution in [0.1, 0.15) is 30.8 Å². The van der Waals surface area contributed by atoms with Crippen LogP contribution in [0.4, 0.5) is 0 Å². The van der Waals surface area contributed by atoms with Gasteiger partial charge in [0.15, 0.2) is 11.9 Å². The highest BCUT2D eigenvalue weighted by atomic mass is 35.5. The molecular formula is C27H24Cl3N5O3. The Bertz CT molecular complexity index is 1600. The van der Waals surface area contributed by atoms with Gasteiger partial charge in [-0.3, -0.25) is 4.40 Å². The van der Waals surface area contributed by atoms with Crippen LogP contribution < -0.4 is 4.74 Å². The topological polar surface area (TPSA) is 86.6 Å². The van der Waals surface area contributed by atoms with Gasteiger partial charge < -0.3 is 19.2 Å². The van der Waals surface area contributed by atoms with Crippen LogP contribution in [0.3, 0.4) is 0 Å². The van der Waals surface area contributed by atoms with Gasteiger partial charge in [-0.1, -0.05) is 40.9 Å². The van der Waals surface area contributed by atoms with Gasteiger partial charge in [-0.2, -0.15) is 0 Å². The van der Waals surface area contributed by atoms with Crippen LogP contribution in [0, 0.1) is 0 Å². The number of pyridine rings is 2. The van der Waals surface area contributed by atoms with Crippen LogP contribution >= 0.6 is 34.8 Å². The van der Waals surface area contributed by atoms with Crippen molar-refractivity contribution in [3.05, 3.63) is 75.4 Å². The third kappa shape index (κ3) is 5.46. The number of nitrogens with zero attached hydrogens (tertiary/aromatic N) is 4. The van der Waals surface area contributed by atoms with Gasteiger partial charge in [0.25, 0.3) is 0 Å². The van der Waals surface area contributed by atoms with Crippen molar-refractivity contribution in [2.24, 2.45) is 0 Å². The van der Waals surface area contributed by atoms with E-state index < -0.39 is 0 Å². The highest BCUT2D eigenvalue weighted by Gasteiger charge is 2.17. The van der Waals surface area contributed by atoms with Gasteiger partial charge in [0, 0.05) is 24.8 Å². The zero-order chi connectivity index (χ0) is 26.1. The summed E-state index contributed by atoms with van der Waals surface area (Å²) in [6.45, 7) is 1.49. The smallest absolute Gasteiger partial charge is 0.179 e. The van der Waals surface area contributed by atoms with Gasteiger partial charge in [-0.15, -0.1) is 0 Å². The molecule has 1 aliphatic rings. The minimum atomic E-state index is -0.162. The Balaban J connectivity index is 1.23. The molecule has 8 nitrogen and oxygen atoms in total. The van der Waals surface area contributed by atoms with Crippen LogP contribution in [-0.2, 0) is 15.9 Å². The number of hydrogen-bond donors (Lipinski definition) is 1. The van der Waals surface area contributed by atoms with E-state index in [1.165, 1.54) is 0 Å². The van der Waals surface area contributed by atoms with Crippen LogP contribution in [0.5, 0.6) is 5.75 Å². The lowest BCUT2D eigenvalue weighted by atomic mass is 10.1. The molecule has 0 bridgehead atoms. The number of aromatic nitrogens is 5. The largest absolute Gasteiger partial charge is 0.490 e. The zero-order valence-electron chi connectivity index (χ0n) is 20.3. The van der Waals surface area contributed by atoms with E-state index in [-0.39, 0.29) is 6.29 Å². The number of benzene rings is 1. The molecule has 1 N–H and O–H groups in total. The summed E-state index contributed by atoms with van der Waals surface area (Å²) in [7, 11) is 0. The van der Waals surface area contributed by atoms with Crippen LogP contribution in [-0.4, -0.2) is 50.4 Å². The maximum Gasteiger partial charge on any atom is 0.179 e. The Morgan fingerprint density at radius 2 is 1.92 bits per heavy atom. The van der Waals surface area contributed by atoms with Crippen molar-refractivity contribution in [1.29, 1.82) is 0 Å². The standard InChI is InChI=1S/C27H24Cl3N5O3/c28-18-14-19(29)22(36-10-11-38-26-6-1-2-9-37-26)13-17(18)21-4-3-5-25-31-16(15-35(21)25)12-24-32-20-7-8-23(30)33-27(20)34-24/h3-5,7-8,13-15,26H,1-2,6,9-12H2,(H,32,33,34). The molecule has 1 aromatic carbocycles. The first-order valence-electron chi connectivity index (χ1n) is 12.4. The second-order valence-electron chi connectivity index (χ2n) is 9.01. The maximum absolute atomic E-state index is 6.65. The van der Waals surface area contributed by atoms with Crippen molar-refractivity contribution in [3.63, 3.8) is 0 Å². The molecule has 5 heterocycles. The molecule has 4 aromatic heterocycles. The van der Waals surface area contributed by atoms with Crippen molar-refractivity contribution in [2.45, 2.75) is 32.0 Å². The molecule has 38 heavy (non-hydrogen) atoms. The molecule has 1 aliphatic heterocycles. The monoisotopic (exact) mass is 571 g/mol. The molecule has 1 fully saturated rings. The highest BCUT2D eigenvalue weighted by Crippen LogP contribution is 2.37. The van der Waals surface area contributed by atoms with Gasteiger partial charge in [-0.25, -0.2) is 15.0 Å². The maximum atomic E-state index is 6.65. The normalized spacial score (nSPS) is 15.9. The number of halogens is 3. The molecule has 0 aliphatic carbocycles. The summed E-state index contributed by atoms with van der Waals surface area (Å²) in [5.41, 5.74) is 4.66. The second-order valence-corrected chi connectivity index (χ2v) is 10.2. The van der Waals surface area contributed by atoms with E-state index >= 15 is 0 Å². The lowest BCUT2D eigenvalue weighted by molar-refractivity contribution is -0.165. The van der Waals surface area contributed by atoms with E-state index in [9.17, 15) is 0 Å². The highest BCUT2D eigenvalue weighted by molar-refractivity contribution is 6.37. The van der Waals surface area contributed by atoms with Crippen LogP contribution in [0.25, 0.3) is 28.1 Å². The molecule has 0 spiro atoms. The minimum Gasteiger partial charge on any atom is -0.490 e. The van der Waals surface area contributed by atoms with E-state index in [1.807, 2.05) is 40.9 Å². The average Bonchev–Trinajstić information content (AvgIpc) is 3.51.